The third-order valence-corrected chi connectivity index (χ3v) is 5.55. The molecule has 0 spiro atoms. The highest BCUT2D eigenvalue weighted by Crippen LogP contribution is 2.32. The molecule has 1 aliphatic heterocycles. The second kappa shape index (κ2) is 8.88. The topological polar surface area (TPSA) is 71.5 Å². The monoisotopic (exact) mass is 411 g/mol. The van der Waals surface area contributed by atoms with Gasteiger partial charge in [0.05, 0.1) is 18.4 Å². The van der Waals surface area contributed by atoms with Crippen molar-refractivity contribution in [3.05, 3.63) is 108 Å². The molecule has 5 nitrogen and oxygen atoms in total. The van der Waals surface area contributed by atoms with E-state index in [4.69, 9.17) is 0 Å². The lowest BCUT2D eigenvalue weighted by atomic mass is 9.79. The Bertz CT molecular complexity index is 1060. The minimum absolute atomic E-state index is 0.126. The maximum atomic E-state index is 13.4. The van der Waals surface area contributed by atoms with Gasteiger partial charge in [0.15, 0.2) is 11.6 Å². The second-order valence-corrected chi connectivity index (χ2v) is 7.55. The molecule has 31 heavy (non-hydrogen) atoms. The van der Waals surface area contributed by atoms with E-state index in [1.807, 2.05) is 30.3 Å². The Morgan fingerprint density at radius 1 is 0.742 bits per heavy atom. The first-order valence-electron chi connectivity index (χ1n) is 10.1. The quantitative estimate of drug-likeness (QED) is 0.335. The number of hydrogen-bond acceptors (Lipinski definition) is 4. The highest BCUT2D eigenvalue weighted by Gasteiger charge is 2.48. The molecule has 0 saturated carbocycles. The summed E-state index contributed by atoms with van der Waals surface area (Å²) in [7, 11) is 0. The van der Waals surface area contributed by atoms with Crippen molar-refractivity contribution in [2.24, 2.45) is 11.8 Å². The van der Waals surface area contributed by atoms with Gasteiger partial charge in [-0.15, -0.1) is 0 Å². The first-order chi connectivity index (χ1) is 15.1. The lowest BCUT2D eigenvalue weighted by molar-refractivity contribution is -0.140. The molecule has 0 aromatic heterocycles. The molecule has 0 bridgehead atoms. The van der Waals surface area contributed by atoms with Gasteiger partial charge >= 0.3 is 0 Å². The summed E-state index contributed by atoms with van der Waals surface area (Å²) in [6.07, 6.45) is -0.159. The number of Topliss-reactive ketones (excluding diaryl/α,β-unsaturated/α-hetero) is 2. The molecule has 1 heterocycles. The Balaban J connectivity index is 1.68. The zero-order chi connectivity index (χ0) is 21.8. The number of carbonyl (C=O) groups is 4. The van der Waals surface area contributed by atoms with E-state index in [9.17, 15) is 19.2 Å². The normalized spacial score (nSPS) is 16.0. The van der Waals surface area contributed by atoms with Crippen molar-refractivity contribution in [2.45, 2.75) is 13.0 Å². The van der Waals surface area contributed by atoms with E-state index in [0.29, 0.717) is 11.1 Å². The lowest BCUT2D eigenvalue weighted by Gasteiger charge is -2.21. The van der Waals surface area contributed by atoms with E-state index < -0.39 is 29.3 Å². The minimum atomic E-state index is -1.25. The predicted molar refractivity (Wildman–Crippen MR) is 115 cm³/mol. The van der Waals surface area contributed by atoms with Crippen LogP contribution < -0.4 is 0 Å². The number of nitrogens with zero attached hydrogens (tertiary/aromatic N) is 1. The summed E-state index contributed by atoms with van der Waals surface area (Å²) >= 11 is 0. The van der Waals surface area contributed by atoms with Crippen molar-refractivity contribution in [1.82, 2.24) is 4.90 Å². The molecule has 3 aromatic carbocycles. The lowest BCUT2D eigenvalue weighted by Crippen LogP contribution is -2.37. The molecule has 3 aromatic rings. The van der Waals surface area contributed by atoms with E-state index >= 15 is 0 Å². The van der Waals surface area contributed by atoms with Gasteiger partial charge in [-0.25, -0.2) is 0 Å². The number of carbonyl (C=O) groups excluding carboxylic acids is 4. The van der Waals surface area contributed by atoms with Gasteiger partial charge in [0, 0.05) is 17.5 Å². The zero-order valence-corrected chi connectivity index (χ0v) is 16.8. The second-order valence-electron chi connectivity index (χ2n) is 7.55. The van der Waals surface area contributed by atoms with Crippen LogP contribution in [0.3, 0.4) is 0 Å². The molecule has 4 rings (SSSR count). The van der Waals surface area contributed by atoms with Gasteiger partial charge in [0.2, 0.25) is 11.8 Å². The number of imide groups is 1. The Labute approximate surface area is 180 Å². The van der Waals surface area contributed by atoms with E-state index in [2.05, 4.69) is 0 Å². The highest BCUT2D eigenvalue weighted by molar-refractivity contribution is 6.20. The molecular formula is C26H21NO4. The minimum Gasteiger partial charge on any atom is -0.293 e. The number of amides is 2. The molecule has 1 fully saturated rings. The molecule has 1 atom stereocenters. The van der Waals surface area contributed by atoms with Crippen LogP contribution in [0.15, 0.2) is 91.0 Å². The van der Waals surface area contributed by atoms with Gasteiger partial charge < -0.3 is 0 Å². The molecule has 0 radical (unpaired) electrons. The number of benzene rings is 3. The van der Waals surface area contributed by atoms with Crippen LogP contribution in [-0.4, -0.2) is 28.3 Å². The van der Waals surface area contributed by atoms with E-state index in [1.165, 1.54) is 0 Å². The van der Waals surface area contributed by atoms with Crippen molar-refractivity contribution in [2.75, 3.05) is 0 Å². The molecule has 5 heteroatoms. The van der Waals surface area contributed by atoms with E-state index in [-0.39, 0.29) is 18.9 Å². The van der Waals surface area contributed by atoms with Gasteiger partial charge in [-0.05, 0) is 5.56 Å². The Morgan fingerprint density at radius 3 is 1.68 bits per heavy atom. The van der Waals surface area contributed by atoms with Crippen LogP contribution in [0.2, 0.25) is 0 Å². The Hall–Kier alpha value is -3.86. The fourth-order valence-corrected chi connectivity index (χ4v) is 3.95. The third-order valence-electron chi connectivity index (χ3n) is 5.55. The molecule has 0 N–H and O–H groups in total. The smallest absolute Gasteiger partial charge is 0.234 e. The van der Waals surface area contributed by atoms with Crippen LogP contribution in [0.25, 0.3) is 0 Å². The zero-order valence-electron chi connectivity index (χ0n) is 16.8. The molecule has 2 amide bonds. The fraction of sp³-hybridized carbons (Fsp3) is 0.154. The summed E-state index contributed by atoms with van der Waals surface area (Å²) in [6, 6.07) is 26.0. The summed E-state index contributed by atoms with van der Waals surface area (Å²) in [5.74, 6) is -4.00. The molecule has 1 saturated heterocycles. The SMILES string of the molecule is O=C(c1ccccc1)C(C(=O)c1ccccc1)[C@H]1CC(=O)N(Cc2ccccc2)C1=O. The number of likely N-dealkylation sites (tertiary alicyclic amines) is 1. The number of rotatable bonds is 7. The van der Waals surface area contributed by atoms with Crippen LogP contribution in [0.4, 0.5) is 0 Å². The van der Waals surface area contributed by atoms with E-state index in [0.717, 1.165) is 10.5 Å². The van der Waals surface area contributed by atoms with Gasteiger partial charge in [-0.1, -0.05) is 91.0 Å². The Morgan fingerprint density at radius 2 is 1.19 bits per heavy atom. The van der Waals surface area contributed by atoms with Crippen molar-refractivity contribution < 1.29 is 19.2 Å². The Kier molecular flexibility index (Phi) is 5.85. The van der Waals surface area contributed by atoms with Gasteiger partial charge in [-0.2, -0.15) is 0 Å². The van der Waals surface area contributed by atoms with Crippen molar-refractivity contribution in [3.8, 4) is 0 Å². The average Bonchev–Trinajstić information content (AvgIpc) is 3.09. The maximum Gasteiger partial charge on any atom is 0.234 e. The third kappa shape index (κ3) is 4.21. The maximum absolute atomic E-state index is 13.4. The van der Waals surface area contributed by atoms with Crippen LogP contribution in [0, 0.1) is 11.8 Å². The predicted octanol–water partition coefficient (Wildman–Crippen LogP) is 3.94. The molecule has 1 aliphatic rings. The van der Waals surface area contributed by atoms with Crippen LogP contribution in [-0.2, 0) is 16.1 Å². The highest BCUT2D eigenvalue weighted by atomic mass is 16.2. The van der Waals surface area contributed by atoms with Crippen molar-refractivity contribution >= 4 is 23.4 Å². The number of hydrogen-bond donors (Lipinski definition) is 0. The van der Waals surface area contributed by atoms with Gasteiger partial charge in [-0.3, -0.25) is 24.1 Å². The first kappa shape index (κ1) is 20.4. The summed E-state index contributed by atoms with van der Waals surface area (Å²) < 4.78 is 0. The van der Waals surface area contributed by atoms with Gasteiger partial charge in [0.25, 0.3) is 0 Å². The molecule has 0 aliphatic carbocycles. The average molecular weight is 411 g/mol. The van der Waals surface area contributed by atoms with Crippen molar-refractivity contribution in [1.29, 1.82) is 0 Å². The molecule has 0 unspecified atom stereocenters. The standard InChI is InChI=1S/C26H21NO4/c28-22-16-21(26(31)27(22)17-18-10-4-1-5-11-18)23(24(29)19-12-6-2-7-13-19)25(30)20-14-8-3-9-15-20/h1-15,21,23H,16-17H2/t21-/m1/s1. The van der Waals surface area contributed by atoms with Gasteiger partial charge in [0.1, 0.15) is 0 Å². The summed E-state index contributed by atoms with van der Waals surface area (Å²) in [6.45, 7) is 0.126. The van der Waals surface area contributed by atoms with Crippen LogP contribution >= 0.6 is 0 Å². The van der Waals surface area contributed by atoms with E-state index in [1.54, 1.807) is 60.7 Å². The largest absolute Gasteiger partial charge is 0.293 e. The number of ketones is 2. The first-order valence-corrected chi connectivity index (χ1v) is 10.1. The van der Waals surface area contributed by atoms with Crippen molar-refractivity contribution in [3.63, 3.8) is 0 Å². The molecular weight excluding hydrogens is 390 g/mol. The van der Waals surface area contributed by atoms with Crippen LogP contribution in [0.1, 0.15) is 32.7 Å². The molecule has 154 valence electrons. The summed E-state index contributed by atoms with van der Waals surface area (Å²) in [4.78, 5) is 53.8. The summed E-state index contributed by atoms with van der Waals surface area (Å²) in [5.41, 5.74) is 1.50. The summed E-state index contributed by atoms with van der Waals surface area (Å²) in [5, 5.41) is 0. The fourth-order valence-electron chi connectivity index (χ4n) is 3.95. The van der Waals surface area contributed by atoms with Crippen LogP contribution in [0.5, 0.6) is 0 Å².